The molecule has 0 aromatic carbocycles. The number of urea groups is 1. The Morgan fingerprint density at radius 3 is 2.71 bits per heavy atom. The first kappa shape index (κ1) is 14.0. The van der Waals surface area contributed by atoms with Gasteiger partial charge >= 0.3 is 6.03 Å². The molecule has 0 saturated heterocycles. The summed E-state index contributed by atoms with van der Waals surface area (Å²) in [6.45, 7) is 7.38. The lowest BCUT2D eigenvalue weighted by Crippen LogP contribution is -2.44. The van der Waals surface area contributed by atoms with Crippen LogP contribution >= 0.6 is 0 Å². The number of aliphatic hydroxyl groups excluding tert-OH is 1. The molecule has 17 heavy (non-hydrogen) atoms. The van der Waals surface area contributed by atoms with Crippen molar-refractivity contribution in [1.29, 1.82) is 0 Å². The van der Waals surface area contributed by atoms with Crippen LogP contribution in [0.1, 0.15) is 32.6 Å². The second-order valence-electron chi connectivity index (χ2n) is 5.13. The third-order valence-electron chi connectivity index (χ3n) is 3.48. The highest BCUT2D eigenvalue weighted by atomic mass is 16.3. The first-order chi connectivity index (χ1) is 8.11. The normalized spacial score (nSPS) is 17.8. The minimum atomic E-state index is -0.105. The molecule has 0 aromatic rings. The molecule has 4 heteroatoms. The van der Waals surface area contributed by atoms with Crippen LogP contribution in [-0.4, -0.2) is 42.3 Å². The summed E-state index contributed by atoms with van der Waals surface area (Å²) < 4.78 is 0. The van der Waals surface area contributed by atoms with Gasteiger partial charge in [-0.15, -0.1) is 6.58 Å². The van der Waals surface area contributed by atoms with E-state index in [1.807, 2.05) is 0 Å². The molecule has 1 saturated carbocycles. The third-order valence-corrected chi connectivity index (χ3v) is 3.48. The van der Waals surface area contributed by atoms with E-state index in [2.05, 4.69) is 18.8 Å². The Bertz CT molecular complexity index is 260. The Kier molecular flexibility index (Phi) is 5.48. The lowest BCUT2D eigenvalue weighted by atomic mass is 9.89. The summed E-state index contributed by atoms with van der Waals surface area (Å²) in [4.78, 5) is 13.5. The summed E-state index contributed by atoms with van der Waals surface area (Å²) in [7, 11) is 0. The van der Waals surface area contributed by atoms with Crippen LogP contribution in [0.5, 0.6) is 0 Å². The highest BCUT2D eigenvalue weighted by Gasteiger charge is 2.29. The van der Waals surface area contributed by atoms with Crippen molar-refractivity contribution in [2.75, 3.05) is 26.2 Å². The molecular formula is C13H24N2O2. The maximum atomic E-state index is 11.9. The Hall–Kier alpha value is -1.03. The van der Waals surface area contributed by atoms with Crippen molar-refractivity contribution in [2.45, 2.75) is 32.6 Å². The topological polar surface area (TPSA) is 52.6 Å². The maximum absolute atomic E-state index is 11.9. The van der Waals surface area contributed by atoms with Crippen molar-refractivity contribution in [3.05, 3.63) is 12.7 Å². The van der Waals surface area contributed by atoms with E-state index in [1.165, 1.54) is 25.7 Å². The molecule has 1 rings (SSSR count). The van der Waals surface area contributed by atoms with E-state index in [4.69, 9.17) is 5.11 Å². The molecule has 0 aromatic heterocycles. The van der Waals surface area contributed by atoms with Crippen LogP contribution in [0.2, 0.25) is 0 Å². The van der Waals surface area contributed by atoms with Gasteiger partial charge in [-0.05, 0) is 18.3 Å². The average Bonchev–Trinajstić information content (AvgIpc) is 2.73. The van der Waals surface area contributed by atoms with Gasteiger partial charge in [0, 0.05) is 19.6 Å². The lowest BCUT2D eigenvalue weighted by Gasteiger charge is -2.27. The lowest BCUT2D eigenvalue weighted by molar-refractivity contribution is 0.178. The predicted molar refractivity (Wildman–Crippen MR) is 68.8 cm³/mol. The number of rotatable bonds is 6. The molecule has 2 N–H and O–H groups in total. The van der Waals surface area contributed by atoms with Gasteiger partial charge in [0.05, 0.1) is 6.61 Å². The number of hydrogen-bond donors (Lipinski definition) is 2. The zero-order valence-electron chi connectivity index (χ0n) is 10.7. The maximum Gasteiger partial charge on any atom is 0.317 e. The fourth-order valence-electron chi connectivity index (χ4n) is 2.36. The molecular weight excluding hydrogens is 216 g/mol. The molecule has 0 spiro atoms. The number of carbonyl (C=O) groups excluding carboxylic acids is 1. The van der Waals surface area contributed by atoms with Crippen molar-refractivity contribution >= 4 is 6.03 Å². The summed E-state index contributed by atoms with van der Waals surface area (Å²) in [6.07, 6.45) is 6.58. The fraction of sp³-hybridized carbons (Fsp3) is 0.769. The van der Waals surface area contributed by atoms with E-state index < -0.39 is 0 Å². The number of aliphatic hydroxyl groups is 1. The Labute approximate surface area is 104 Å². The number of nitrogens with zero attached hydrogens (tertiary/aromatic N) is 1. The van der Waals surface area contributed by atoms with Crippen molar-refractivity contribution in [2.24, 2.45) is 5.41 Å². The SMILES string of the molecule is C=CCN(CCO)C(=O)NCC1(C)CCCC1. The van der Waals surface area contributed by atoms with Crippen LogP contribution in [0.15, 0.2) is 12.7 Å². The highest BCUT2D eigenvalue weighted by Crippen LogP contribution is 2.36. The van der Waals surface area contributed by atoms with Crippen LogP contribution in [0, 0.1) is 5.41 Å². The second kappa shape index (κ2) is 6.64. The number of hydrogen-bond acceptors (Lipinski definition) is 2. The van der Waals surface area contributed by atoms with Gasteiger partial charge in [0.15, 0.2) is 0 Å². The monoisotopic (exact) mass is 240 g/mol. The van der Waals surface area contributed by atoms with E-state index in [1.54, 1.807) is 11.0 Å². The molecule has 0 radical (unpaired) electrons. The minimum absolute atomic E-state index is 0.0153. The van der Waals surface area contributed by atoms with E-state index in [0.717, 1.165) is 6.54 Å². The number of amides is 2. The standard InChI is InChI=1S/C13H24N2O2/c1-3-8-15(9-10-16)12(17)14-11-13(2)6-4-5-7-13/h3,16H,1,4-11H2,2H3,(H,14,17). The largest absolute Gasteiger partial charge is 0.395 e. The van der Waals surface area contributed by atoms with Crippen LogP contribution in [0.4, 0.5) is 4.79 Å². The first-order valence-corrected chi connectivity index (χ1v) is 6.36. The van der Waals surface area contributed by atoms with E-state index in [9.17, 15) is 4.79 Å². The van der Waals surface area contributed by atoms with Crippen molar-refractivity contribution in [1.82, 2.24) is 10.2 Å². The van der Waals surface area contributed by atoms with Crippen LogP contribution in [0.3, 0.4) is 0 Å². The minimum Gasteiger partial charge on any atom is -0.395 e. The highest BCUT2D eigenvalue weighted by molar-refractivity contribution is 5.74. The van der Waals surface area contributed by atoms with Gasteiger partial charge in [-0.1, -0.05) is 25.8 Å². The van der Waals surface area contributed by atoms with Gasteiger partial charge < -0.3 is 15.3 Å². The molecule has 4 nitrogen and oxygen atoms in total. The van der Waals surface area contributed by atoms with Crippen LogP contribution in [-0.2, 0) is 0 Å². The number of carbonyl (C=O) groups is 1. The van der Waals surface area contributed by atoms with Crippen LogP contribution in [0.25, 0.3) is 0 Å². The number of nitrogens with one attached hydrogen (secondary N) is 1. The molecule has 0 atom stereocenters. The Balaban J connectivity index is 2.38. The molecule has 1 aliphatic carbocycles. The zero-order chi connectivity index (χ0) is 12.7. The Morgan fingerprint density at radius 2 is 2.18 bits per heavy atom. The van der Waals surface area contributed by atoms with Crippen molar-refractivity contribution in [3.63, 3.8) is 0 Å². The molecule has 2 amide bonds. The van der Waals surface area contributed by atoms with E-state index in [-0.39, 0.29) is 18.1 Å². The van der Waals surface area contributed by atoms with E-state index in [0.29, 0.717) is 13.1 Å². The van der Waals surface area contributed by atoms with Crippen molar-refractivity contribution < 1.29 is 9.90 Å². The van der Waals surface area contributed by atoms with Crippen molar-refractivity contribution in [3.8, 4) is 0 Å². The van der Waals surface area contributed by atoms with Gasteiger partial charge in [0.1, 0.15) is 0 Å². The second-order valence-corrected chi connectivity index (χ2v) is 5.13. The zero-order valence-corrected chi connectivity index (χ0v) is 10.7. The van der Waals surface area contributed by atoms with E-state index >= 15 is 0 Å². The summed E-state index contributed by atoms with van der Waals surface area (Å²) in [5.41, 5.74) is 0.259. The molecule has 98 valence electrons. The van der Waals surface area contributed by atoms with Gasteiger partial charge in [0.2, 0.25) is 0 Å². The molecule has 0 unspecified atom stereocenters. The first-order valence-electron chi connectivity index (χ1n) is 6.36. The van der Waals surface area contributed by atoms with Crippen LogP contribution < -0.4 is 5.32 Å². The van der Waals surface area contributed by atoms with Gasteiger partial charge in [-0.25, -0.2) is 4.79 Å². The summed E-state index contributed by atoms with van der Waals surface area (Å²) in [5, 5.41) is 11.8. The van der Waals surface area contributed by atoms with Gasteiger partial charge in [0.25, 0.3) is 0 Å². The summed E-state index contributed by atoms with van der Waals surface area (Å²) in [6, 6.07) is -0.105. The van der Waals surface area contributed by atoms with Gasteiger partial charge in [-0.3, -0.25) is 0 Å². The summed E-state index contributed by atoms with van der Waals surface area (Å²) in [5.74, 6) is 0. The molecule has 0 heterocycles. The fourth-order valence-corrected chi connectivity index (χ4v) is 2.36. The van der Waals surface area contributed by atoms with Gasteiger partial charge in [-0.2, -0.15) is 0 Å². The Morgan fingerprint density at radius 1 is 1.53 bits per heavy atom. The molecule has 0 bridgehead atoms. The smallest absolute Gasteiger partial charge is 0.317 e. The molecule has 1 aliphatic rings. The summed E-state index contributed by atoms with van der Waals surface area (Å²) >= 11 is 0. The molecule has 0 aliphatic heterocycles. The third kappa shape index (κ3) is 4.38. The molecule has 1 fully saturated rings. The average molecular weight is 240 g/mol. The predicted octanol–water partition coefficient (Wildman–Crippen LogP) is 1.76. The quantitative estimate of drug-likeness (QED) is 0.695.